The molecule has 2 rings (SSSR count). The van der Waals surface area contributed by atoms with Gasteiger partial charge in [-0.2, -0.15) is 0 Å². The first kappa shape index (κ1) is 8.88. The molecule has 0 saturated carbocycles. The van der Waals surface area contributed by atoms with Gasteiger partial charge in [-0.3, -0.25) is 0 Å². The summed E-state index contributed by atoms with van der Waals surface area (Å²) in [4.78, 5) is 0. The summed E-state index contributed by atoms with van der Waals surface area (Å²) < 4.78 is 10.6. The van der Waals surface area contributed by atoms with Gasteiger partial charge in [0, 0.05) is 0 Å². The minimum atomic E-state index is 0.00935. The van der Waals surface area contributed by atoms with E-state index in [-0.39, 0.29) is 6.10 Å². The fraction of sp³-hybridized carbons (Fsp3) is 0.167. The van der Waals surface area contributed by atoms with E-state index in [1.54, 1.807) is 13.4 Å². The molecule has 1 aromatic rings. The van der Waals surface area contributed by atoms with Crippen LogP contribution in [0.5, 0.6) is 5.75 Å². The van der Waals surface area contributed by atoms with Crippen molar-refractivity contribution >= 4 is 0 Å². The van der Waals surface area contributed by atoms with Crippen LogP contribution in [0, 0.1) is 0 Å². The van der Waals surface area contributed by atoms with Crippen LogP contribution in [0.4, 0.5) is 0 Å². The average molecular weight is 188 g/mol. The second kappa shape index (κ2) is 4.01. The second-order valence-electron chi connectivity index (χ2n) is 3.05. The van der Waals surface area contributed by atoms with Crippen LogP contribution in [0.25, 0.3) is 0 Å². The summed E-state index contributed by atoms with van der Waals surface area (Å²) in [5.74, 6) is 0.856. The Kier molecular flexibility index (Phi) is 2.54. The van der Waals surface area contributed by atoms with E-state index >= 15 is 0 Å². The monoisotopic (exact) mass is 188 g/mol. The van der Waals surface area contributed by atoms with E-state index < -0.39 is 0 Å². The molecule has 1 atom stereocenters. The summed E-state index contributed by atoms with van der Waals surface area (Å²) in [6.45, 7) is 0. The van der Waals surface area contributed by atoms with Gasteiger partial charge in [-0.05, 0) is 29.8 Å². The van der Waals surface area contributed by atoms with Crippen molar-refractivity contribution in [2.75, 3.05) is 7.11 Å². The minimum absolute atomic E-state index is 0.00935. The van der Waals surface area contributed by atoms with Crippen LogP contribution < -0.4 is 4.74 Å². The minimum Gasteiger partial charge on any atom is -0.497 e. The van der Waals surface area contributed by atoms with E-state index in [2.05, 4.69) is 0 Å². The summed E-state index contributed by atoms with van der Waals surface area (Å²) in [5.41, 5.74) is 1.10. The van der Waals surface area contributed by atoms with Crippen LogP contribution in [0.2, 0.25) is 0 Å². The third-order valence-electron chi connectivity index (χ3n) is 2.12. The number of methoxy groups -OCH3 is 1. The molecule has 0 spiro atoms. The molecule has 0 N–H and O–H groups in total. The van der Waals surface area contributed by atoms with Crippen LogP contribution in [0.3, 0.4) is 0 Å². The predicted octanol–water partition coefficient (Wildman–Crippen LogP) is 2.84. The third-order valence-corrected chi connectivity index (χ3v) is 2.12. The van der Waals surface area contributed by atoms with E-state index in [4.69, 9.17) is 9.47 Å². The Hall–Kier alpha value is -1.70. The molecule has 1 heterocycles. The first-order chi connectivity index (χ1) is 6.90. The van der Waals surface area contributed by atoms with Crippen molar-refractivity contribution in [3.05, 3.63) is 54.3 Å². The van der Waals surface area contributed by atoms with Crippen molar-refractivity contribution in [3.8, 4) is 5.75 Å². The molecule has 72 valence electrons. The molecule has 0 saturated heterocycles. The molecule has 1 aliphatic heterocycles. The molecular formula is C12H12O2. The molecule has 1 aliphatic rings. The second-order valence-corrected chi connectivity index (χ2v) is 3.05. The van der Waals surface area contributed by atoms with E-state index in [0.29, 0.717) is 0 Å². The van der Waals surface area contributed by atoms with Crippen molar-refractivity contribution in [2.45, 2.75) is 6.10 Å². The van der Waals surface area contributed by atoms with Crippen LogP contribution in [-0.4, -0.2) is 7.11 Å². The normalized spacial score (nSPS) is 19.1. The van der Waals surface area contributed by atoms with Crippen molar-refractivity contribution in [2.24, 2.45) is 0 Å². The third kappa shape index (κ3) is 1.79. The largest absolute Gasteiger partial charge is 0.497 e. The highest BCUT2D eigenvalue weighted by molar-refractivity contribution is 5.32. The Balaban J connectivity index is 2.23. The number of allylic oxidation sites excluding steroid dienone is 2. The number of benzene rings is 1. The molecular weight excluding hydrogens is 176 g/mol. The molecule has 2 heteroatoms. The van der Waals surface area contributed by atoms with Gasteiger partial charge in [-0.15, -0.1) is 0 Å². The predicted molar refractivity (Wildman–Crippen MR) is 55.1 cm³/mol. The smallest absolute Gasteiger partial charge is 0.141 e. The van der Waals surface area contributed by atoms with E-state index in [1.807, 2.05) is 42.5 Å². The molecule has 0 aromatic heterocycles. The van der Waals surface area contributed by atoms with Gasteiger partial charge in [-0.1, -0.05) is 18.2 Å². The first-order valence-electron chi connectivity index (χ1n) is 4.53. The number of ether oxygens (including phenoxy) is 2. The Morgan fingerprint density at radius 2 is 2.21 bits per heavy atom. The molecule has 0 fully saturated rings. The van der Waals surface area contributed by atoms with Crippen molar-refractivity contribution in [1.82, 2.24) is 0 Å². The van der Waals surface area contributed by atoms with Gasteiger partial charge < -0.3 is 9.47 Å². The van der Waals surface area contributed by atoms with Gasteiger partial charge in [-0.25, -0.2) is 0 Å². The van der Waals surface area contributed by atoms with Gasteiger partial charge in [0.2, 0.25) is 0 Å². The molecule has 0 radical (unpaired) electrons. The molecule has 14 heavy (non-hydrogen) atoms. The molecule has 0 unspecified atom stereocenters. The first-order valence-corrected chi connectivity index (χ1v) is 4.53. The molecule has 0 amide bonds. The lowest BCUT2D eigenvalue weighted by Gasteiger charge is -2.15. The SMILES string of the molecule is COc1cccc([C@H]2C=CC=CO2)c1. The van der Waals surface area contributed by atoms with Gasteiger partial charge in [0.1, 0.15) is 11.9 Å². The Morgan fingerprint density at radius 3 is 2.93 bits per heavy atom. The van der Waals surface area contributed by atoms with Gasteiger partial charge in [0.25, 0.3) is 0 Å². The fourth-order valence-electron chi connectivity index (χ4n) is 1.39. The van der Waals surface area contributed by atoms with Crippen molar-refractivity contribution in [3.63, 3.8) is 0 Å². The zero-order valence-electron chi connectivity index (χ0n) is 8.01. The maximum absolute atomic E-state index is 5.44. The highest BCUT2D eigenvalue weighted by Gasteiger charge is 2.09. The molecule has 0 aliphatic carbocycles. The maximum Gasteiger partial charge on any atom is 0.141 e. The van der Waals surface area contributed by atoms with Gasteiger partial charge >= 0.3 is 0 Å². The van der Waals surface area contributed by atoms with Gasteiger partial charge in [0.15, 0.2) is 0 Å². The van der Waals surface area contributed by atoms with Gasteiger partial charge in [0.05, 0.1) is 13.4 Å². The average Bonchev–Trinajstić information content (AvgIpc) is 2.30. The molecule has 1 aromatic carbocycles. The topological polar surface area (TPSA) is 18.5 Å². The van der Waals surface area contributed by atoms with E-state index in [1.165, 1.54) is 0 Å². The highest BCUT2D eigenvalue weighted by Crippen LogP contribution is 2.24. The van der Waals surface area contributed by atoms with Crippen LogP contribution in [-0.2, 0) is 4.74 Å². The standard InChI is InChI=1S/C12H12O2/c1-13-11-6-4-5-10(9-11)12-7-2-3-8-14-12/h2-9,12H,1H3/t12-/m1/s1. The van der Waals surface area contributed by atoms with Crippen LogP contribution in [0.1, 0.15) is 11.7 Å². The summed E-state index contributed by atoms with van der Waals surface area (Å²) >= 11 is 0. The maximum atomic E-state index is 5.44. The lowest BCUT2D eigenvalue weighted by molar-refractivity contribution is 0.186. The summed E-state index contributed by atoms with van der Waals surface area (Å²) in [6.07, 6.45) is 7.57. The number of rotatable bonds is 2. The van der Waals surface area contributed by atoms with E-state index in [0.717, 1.165) is 11.3 Å². The number of hydrogen-bond acceptors (Lipinski definition) is 2. The fourth-order valence-corrected chi connectivity index (χ4v) is 1.39. The summed E-state index contributed by atoms with van der Waals surface area (Å²) in [5, 5.41) is 0. The zero-order valence-corrected chi connectivity index (χ0v) is 8.01. The van der Waals surface area contributed by atoms with Crippen molar-refractivity contribution in [1.29, 1.82) is 0 Å². The zero-order chi connectivity index (χ0) is 9.80. The number of hydrogen-bond donors (Lipinski definition) is 0. The Bertz CT molecular complexity index is 366. The van der Waals surface area contributed by atoms with Crippen LogP contribution >= 0.6 is 0 Å². The molecule has 0 bridgehead atoms. The molecule has 2 nitrogen and oxygen atoms in total. The van der Waals surface area contributed by atoms with Crippen LogP contribution in [0.15, 0.2) is 48.8 Å². The lowest BCUT2D eigenvalue weighted by atomic mass is 10.1. The lowest BCUT2D eigenvalue weighted by Crippen LogP contribution is -1.99. The summed E-state index contributed by atoms with van der Waals surface area (Å²) in [6, 6.07) is 7.89. The summed E-state index contributed by atoms with van der Waals surface area (Å²) in [7, 11) is 1.66. The quantitative estimate of drug-likeness (QED) is 0.710. The highest BCUT2D eigenvalue weighted by atomic mass is 16.5. The van der Waals surface area contributed by atoms with E-state index in [9.17, 15) is 0 Å². The van der Waals surface area contributed by atoms with Crippen molar-refractivity contribution < 1.29 is 9.47 Å². The Labute approximate surface area is 83.5 Å². The Morgan fingerprint density at radius 1 is 1.29 bits per heavy atom.